The van der Waals surface area contributed by atoms with Gasteiger partial charge < -0.3 is 5.32 Å². The van der Waals surface area contributed by atoms with E-state index in [4.69, 9.17) is 0 Å². The smallest absolute Gasteiger partial charge is 0.155 e. The fourth-order valence-electron chi connectivity index (χ4n) is 1.51. The van der Waals surface area contributed by atoms with Crippen molar-refractivity contribution in [3.63, 3.8) is 0 Å². The zero-order valence-electron chi connectivity index (χ0n) is 8.01. The van der Waals surface area contributed by atoms with Crippen molar-refractivity contribution in [1.29, 1.82) is 0 Å². The molecule has 0 unspecified atom stereocenters. The first-order valence-corrected chi connectivity index (χ1v) is 5.47. The minimum absolute atomic E-state index is 0.230. The number of hydrogen-bond donors (Lipinski definition) is 1. The lowest BCUT2D eigenvalue weighted by Crippen LogP contribution is -2.29. The van der Waals surface area contributed by atoms with Crippen LogP contribution in [-0.2, 0) is 4.79 Å². The summed E-state index contributed by atoms with van der Waals surface area (Å²) in [6, 6.07) is 7.87. The topological polar surface area (TPSA) is 29.1 Å². The highest BCUT2D eigenvalue weighted by Crippen LogP contribution is 2.41. The van der Waals surface area contributed by atoms with Crippen molar-refractivity contribution in [3.05, 3.63) is 28.7 Å². The number of Topliss-reactive ketones (excluding diaryl/α,β-unsaturated/α-hetero) is 1. The molecule has 1 aromatic carbocycles. The molecule has 0 spiro atoms. The first-order valence-electron chi connectivity index (χ1n) is 4.68. The molecule has 0 saturated heterocycles. The minimum atomic E-state index is -0.274. The molecule has 0 aromatic heterocycles. The third-order valence-corrected chi connectivity index (χ3v) is 3.36. The highest BCUT2D eigenvalue weighted by Gasteiger charge is 2.47. The second-order valence-electron chi connectivity index (χ2n) is 3.74. The summed E-state index contributed by atoms with van der Waals surface area (Å²) in [7, 11) is 0. The number of carbonyl (C=O) groups is 1. The van der Waals surface area contributed by atoms with Crippen molar-refractivity contribution in [2.24, 2.45) is 0 Å². The molecule has 1 saturated carbocycles. The second-order valence-corrected chi connectivity index (χ2v) is 4.60. The first-order chi connectivity index (χ1) is 6.64. The molecule has 0 heterocycles. The van der Waals surface area contributed by atoms with Crippen LogP contribution in [0.15, 0.2) is 28.7 Å². The van der Waals surface area contributed by atoms with Crippen molar-refractivity contribution in [2.75, 3.05) is 5.32 Å². The first kappa shape index (κ1) is 9.71. The van der Waals surface area contributed by atoms with E-state index in [1.54, 1.807) is 6.92 Å². The van der Waals surface area contributed by atoms with Crippen molar-refractivity contribution < 1.29 is 4.79 Å². The van der Waals surface area contributed by atoms with Crippen LogP contribution in [0.5, 0.6) is 0 Å². The van der Waals surface area contributed by atoms with Crippen LogP contribution in [0.3, 0.4) is 0 Å². The molecule has 1 N–H and O–H groups in total. The largest absolute Gasteiger partial charge is 0.372 e. The maximum absolute atomic E-state index is 11.4. The Morgan fingerprint density at radius 2 is 2.07 bits per heavy atom. The number of rotatable bonds is 3. The summed E-state index contributed by atoms with van der Waals surface area (Å²) in [5.41, 5.74) is 0.726. The summed E-state index contributed by atoms with van der Waals surface area (Å²) < 4.78 is 1.01. The molecule has 1 aliphatic rings. The monoisotopic (exact) mass is 253 g/mol. The Morgan fingerprint density at radius 1 is 1.43 bits per heavy atom. The van der Waals surface area contributed by atoms with Gasteiger partial charge in [0.15, 0.2) is 5.78 Å². The lowest BCUT2D eigenvalue weighted by Gasteiger charge is -2.16. The lowest BCUT2D eigenvalue weighted by atomic mass is 10.1. The van der Waals surface area contributed by atoms with Crippen LogP contribution in [0.1, 0.15) is 19.8 Å². The van der Waals surface area contributed by atoms with Crippen LogP contribution in [0.2, 0.25) is 0 Å². The standard InChI is InChI=1S/C11H12BrNO/c1-8(14)11(6-7-11)13-10-5-3-2-4-9(10)12/h2-5,13H,6-7H2,1H3. The normalized spacial score (nSPS) is 17.6. The average molecular weight is 254 g/mol. The van der Waals surface area contributed by atoms with Crippen molar-refractivity contribution in [2.45, 2.75) is 25.3 Å². The molecular weight excluding hydrogens is 242 g/mol. The molecule has 14 heavy (non-hydrogen) atoms. The summed E-state index contributed by atoms with van der Waals surface area (Å²) in [5, 5.41) is 3.30. The third-order valence-electron chi connectivity index (χ3n) is 2.67. The van der Waals surface area contributed by atoms with Gasteiger partial charge in [-0.3, -0.25) is 4.79 Å². The Hall–Kier alpha value is -0.830. The number of halogens is 1. The Bertz CT molecular complexity index is 371. The van der Waals surface area contributed by atoms with Gasteiger partial charge in [0.05, 0.1) is 5.54 Å². The van der Waals surface area contributed by atoms with Crippen LogP contribution in [0.25, 0.3) is 0 Å². The van der Waals surface area contributed by atoms with Gasteiger partial charge in [0, 0.05) is 10.2 Å². The Morgan fingerprint density at radius 3 is 2.57 bits per heavy atom. The van der Waals surface area contributed by atoms with Gasteiger partial charge in [0.25, 0.3) is 0 Å². The van der Waals surface area contributed by atoms with Crippen molar-refractivity contribution in [1.82, 2.24) is 0 Å². The fraction of sp³-hybridized carbons (Fsp3) is 0.364. The van der Waals surface area contributed by atoms with E-state index >= 15 is 0 Å². The summed E-state index contributed by atoms with van der Waals surface area (Å²) in [4.78, 5) is 11.4. The maximum Gasteiger partial charge on any atom is 0.155 e. The quantitative estimate of drug-likeness (QED) is 0.898. The highest BCUT2D eigenvalue weighted by molar-refractivity contribution is 9.10. The number of para-hydroxylation sites is 1. The Labute approximate surface area is 91.8 Å². The Balaban J connectivity index is 2.19. The van der Waals surface area contributed by atoms with E-state index in [0.717, 1.165) is 23.0 Å². The molecule has 2 nitrogen and oxygen atoms in total. The molecule has 0 atom stereocenters. The number of benzene rings is 1. The van der Waals surface area contributed by atoms with Crippen LogP contribution in [0.4, 0.5) is 5.69 Å². The van der Waals surface area contributed by atoms with Crippen molar-refractivity contribution in [3.8, 4) is 0 Å². The van der Waals surface area contributed by atoms with E-state index in [1.165, 1.54) is 0 Å². The van der Waals surface area contributed by atoms with Gasteiger partial charge in [-0.05, 0) is 47.8 Å². The molecule has 74 valence electrons. The summed E-state index contributed by atoms with van der Waals surface area (Å²) in [6.07, 6.45) is 1.90. The van der Waals surface area contributed by atoms with E-state index < -0.39 is 0 Å². The predicted octanol–water partition coefficient (Wildman–Crippen LogP) is 2.98. The average Bonchev–Trinajstić information content (AvgIpc) is 2.90. The van der Waals surface area contributed by atoms with Crippen LogP contribution >= 0.6 is 15.9 Å². The van der Waals surface area contributed by atoms with Gasteiger partial charge in [-0.2, -0.15) is 0 Å². The van der Waals surface area contributed by atoms with E-state index in [2.05, 4.69) is 21.2 Å². The highest BCUT2D eigenvalue weighted by atomic mass is 79.9. The zero-order chi connectivity index (χ0) is 10.2. The molecule has 0 radical (unpaired) electrons. The molecule has 0 bridgehead atoms. The number of anilines is 1. The fourth-order valence-corrected chi connectivity index (χ4v) is 1.89. The van der Waals surface area contributed by atoms with Crippen molar-refractivity contribution >= 4 is 27.4 Å². The van der Waals surface area contributed by atoms with Gasteiger partial charge in [0.2, 0.25) is 0 Å². The van der Waals surface area contributed by atoms with E-state index in [-0.39, 0.29) is 11.3 Å². The second kappa shape index (κ2) is 3.39. The van der Waals surface area contributed by atoms with Crippen LogP contribution < -0.4 is 5.32 Å². The molecule has 1 aromatic rings. The van der Waals surface area contributed by atoms with Gasteiger partial charge in [-0.1, -0.05) is 12.1 Å². The van der Waals surface area contributed by atoms with Gasteiger partial charge >= 0.3 is 0 Å². The third kappa shape index (κ3) is 1.69. The zero-order valence-corrected chi connectivity index (χ0v) is 9.60. The Kier molecular flexibility index (Phi) is 2.35. The van der Waals surface area contributed by atoms with E-state index in [9.17, 15) is 4.79 Å². The van der Waals surface area contributed by atoms with Gasteiger partial charge in [-0.25, -0.2) is 0 Å². The molecule has 2 rings (SSSR count). The molecule has 1 fully saturated rings. The number of ketones is 1. The van der Waals surface area contributed by atoms with Gasteiger partial charge in [0.1, 0.15) is 0 Å². The van der Waals surface area contributed by atoms with E-state index in [1.807, 2.05) is 24.3 Å². The van der Waals surface area contributed by atoms with Crippen LogP contribution in [0, 0.1) is 0 Å². The van der Waals surface area contributed by atoms with E-state index in [0.29, 0.717) is 0 Å². The molecule has 0 amide bonds. The summed E-state index contributed by atoms with van der Waals surface area (Å²) in [6.45, 7) is 1.65. The SMILES string of the molecule is CC(=O)C1(Nc2ccccc2Br)CC1. The number of nitrogens with one attached hydrogen (secondary N) is 1. The maximum atomic E-state index is 11.4. The molecular formula is C11H12BrNO. The lowest BCUT2D eigenvalue weighted by molar-refractivity contribution is -0.118. The number of hydrogen-bond acceptors (Lipinski definition) is 2. The summed E-state index contributed by atoms with van der Waals surface area (Å²) in [5.74, 6) is 0.230. The molecule has 0 aliphatic heterocycles. The van der Waals surface area contributed by atoms with Crippen LogP contribution in [-0.4, -0.2) is 11.3 Å². The number of carbonyl (C=O) groups excluding carboxylic acids is 1. The summed E-state index contributed by atoms with van der Waals surface area (Å²) >= 11 is 3.45. The molecule has 1 aliphatic carbocycles. The predicted molar refractivity (Wildman–Crippen MR) is 60.4 cm³/mol. The van der Waals surface area contributed by atoms with Gasteiger partial charge in [-0.15, -0.1) is 0 Å². The minimum Gasteiger partial charge on any atom is -0.372 e. The molecule has 3 heteroatoms.